The zero-order valence-corrected chi connectivity index (χ0v) is 16.7. The summed E-state index contributed by atoms with van der Waals surface area (Å²) >= 11 is 5.78. The number of carbonyl (C=O) groups excluding carboxylic acids is 1. The molecule has 7 heteroatoms. The van der Waals surface area contributed by atoms with Gasteiger partial charge in [-0.2, -0.15) is 5.10 Å². The second-order valence-corrected chi connectivity index (χ2v) is 8.43. The number of benzene rings is 2. The fourth-order valence-corrected chi connectivity index (χ4v) is 3.27. The van der Waals surface area contributed by atoms with E-state index in [-0.39, 0.29) is 33.9 Å². The van der Waals surface area contributed by atoms with Crippen molar-refractivity contribution >= 4 is 29.4 Å². The molecule has 6 nitrogen and oxygen atoms in total. The van der Waals surface area contributed by atoms with E-state index >= 15 is 0 Å². The molecule has 28 heavy (non-hydrogen) atoms. The lowest BCUT2D eigenvalue weighted by atomic mass is 9.86. The molecule has 1 saturated carbocycles. The van der Waals surface area contributed by atoms with Gasteiger partial charge in [0.25, 0.3) is 5.69 Å². The minimum atomic E-state index is -0.558. The molecule has 1 N–H and O–H groups in total. The number of amides is 1. The van der Waals surface area contributed by atoms with Crippen LogP contribution in [-0.2, 0) is 10.2 Å². The van der Waals surface area contributed by atoms with E-state index in [1.807, 2.05) is 0 Å². The van der Waals surface area contributed by atoms with Gasteiger partial charge < -0.3 is 0 Å². The molecule has 146 valence electrons. The molecule has 0 aliphatic heterocycles. The van der Waals surface area contributed by atoms with Crippen molar-refractivity contribution in [2.24, 2.45) is 11.0 Å². The fraction of sp³-hybridized carbons (Fsp3) is 0.333. The molecule has 2 atom stereocenters. The number of carbonyl (C=O) groups is 1. The monoisotopic (exact) mass is 399 g/mol. The molecule has 1 amide bonds. The largest absolute Gasteiger partial charge is 0.288 e. The normalized spacial score (nSPS) is 18.9. The molecule has 2 aromatic carbocycles. The summed E-state index contributed by atoms with van der Waals surface area (Å²) in [5.41, 5.74) is 5.33. The van der Waals surface area contributed by atoms with Crippen molar-refractivity contribution in [1.29, 1.82) is 0 Å². The van der Waals surface area contributed by atoms with Gasteiger partial charge in [0.2, 0.25) is 5.91 Å². The lowest BCUT2D eigenvalue weighted by molar-refractivity contribution is -0.384. The number of halogens is 1. The summed E-state index contributed by atoms with van der Waals surface area (Å²) in [6.07, 6.45) is 2.17. The summed E-state index contributed by atoms with van der Waals surface area (Å²) in [6, 6.07) is 12.8. The van der Waals surface area contributed by atoms with E-state index in [0.29, 0.717) is 5.56 Å². The molecule has 1 aliphatic rings. The fourth-order valence-electron chi connectivity index (χ4n) is 3.09. The van der Waals surface area contributed by atoms with Gasteiger partial charge in [-0.15, -0.1) is 0 Å². The van der Waals surface area contributed by atoms with Crippen LogP contribution in [0.3, 0.4) is 0 Å². The van der Waals surface area contributed by atoms with Crippen LogP contribution in [0.15, 0.2) is 47.6 Å². The highest BCUT2D eigenvalue weighted by Gasteiger charge is 2.44. The predicted octanol–water partition coefficient (Wildman–Crippen LogP) is 4.80. The van der Waals surface area contributed by atoms with Gasteiger partial charge in [0.05, 0.1) is 11.1 Å². The average molecular weight is 400 g/mol. The van der Waals surface area contributed by atoms with Crippen molar-refractivity contribution in [2.75, 3.05) is 0 Å². The van der Waals surface area contributed by atoms with Gasteiger partial charge in [-0.05, 0) is 34.9 Å². The number of rotatable bonds is 5. The Morgan fingerprint density at radius 1 is 1.25 bits per heavy atom. The van der Waals surface area contributed by atoms with E-state index in [0.717, 1.165) is 12.0 Å². The summed E-state index contributed by atoms with van der Waals surface area (Å²) in [7, 11) is 0. The average Bonchev–Trinajstić information content (AvgIpc) is 3.43. The van der Waals surface area contributed by atoms with Crippen LogP contribution in [0, 0.1) is 16.0 Å². The zero-order valence-electron chi connectivity index (χ0n) is 16.0. The van der Waals surface area contributed by atoms with Gasteiger partial charge in [0.15, 0.2) is 0 Å². The summed E-state index contributed by atoms with van der Waals surface area (Å²) in [4.78, 5) is 22.6. The molecule has 1 fully saturated rings. The number of hydrogen-bond acceptors (Lipinski definition) is 4. The molecule has 3 rings (SSSR count). The molecule has 0 radical (unpaired) electrons. The third-order valence-corrected chi connectivity index (χ3v) is 5.21. The summed E-state index contributed by atoms with van der Waals surface area (Å²) in [5, 5.41) is 14.9. The van der Waals surface area contributed by atoms with Crippen molar-refractivity contribution in [3.05, 3.63) is 74.3 Å². The number of nitrogens with zero attached hydrogens (tertiary/aromatic N) is 2. The van der Waals surface area contributed by atoms with Crippen molar-refractivity contribution in [3.8, 4) is 0 Å². The van der Waals surface area contributed by atoms with Crippen LogP contribution in [0.1, 0.15) is 49.8 Å². The Hall–Kier alpha value is -2.73. The maximum atomic E-state index is 12.3. The first-order valence-electron chi connectivity index (χ1n) is 9.04. The summed E-state index contributed by atoms with van der Waals surface area (Å²) in [5.74, 6) is -0.0392. The molecular formula is C21H22ClN3O3. The molecule has 0 spiro atoms. The second-order valence-electron chi connectivity index (χ2n) is 8.02. The molecule has 0 bridgehead atoms. The number of nitro groups is 1. The van der Waals surface area contributed by atoms with Crippen LogP contribution >= 0.6 is 11.6 Å². The Balaban J connectivity index is 1.57. The third kappa shape index (κ3) is 4.57. The highest BCUT2D eigenvalue weighted by Crippen LogP contribution is 2.47. The Morgan fingerprint density at radius 2 is 1.93 bits per heavy atom. The topological polar surface area (TPSA) is 84.6 Å². The third-order valence-electron chi connectivity index (χ3n) is 4.89. The SMILES string of the molecule is CC(C)(C)c1ccc([C@@H]2C[C@@H]2C(=O)NN=Cc2ccc(Cl)c([N+](=O)[O-])c2)cc1. The molecule has 2 aromatic rings. The maximum Gasteiger partial charge on any atom is 0.288 e. The van der Waals surface area contributed by atoms with Crippen molar-refractivity contribution < 1.29 is 9.72 Å². The number of nitro benzene ring substituents is 1. The van der Waals surface area contributed by atoms with Crippen LogP contribution in [0.4, 0.5) is 5.69 Å². The maximum absolute atomic E-state index is 12.3. The highest BCUT2D eigenvalue weighted by molar-refractivity contribution is 6.32. The number of nitrogens with one attached hydrogen (secondary N) is 1. The Bertz CT molecular complexity index is 933. The zero-order chi connectivity index (χ0) is 20.5. The van der Waals surface area contributed by atoms with Gasteiger partial charge in [-0.3, -0.25) is 14.9 Å². The van der Waals surface area contributed by atoms with E-state index in [4.69, 9.17) is 11.6 Å². The molecular weight excluding hydrogens is 378 g/mol. The number of hydrogen-bond donors (Lipinski definition) is 1. The van der Waals surface area contributed by atoms with Gasteiger partial charge in [0.1, 0.15) is 5.02 Å². The Kier molecular flexibility index (Phi) is 5.52. The Labute approximate surface area is 168 Å². The van der Waals surface area contributed by atoms with E-state index < -0.39 is 4.92 Å². The molecule has 0 heterocycles. The lowest BCUT2D eigenvalue weighted by Crippen LogP contribution is -2.20. The first-order valence-corrected chi connectivity index (χ1v) is 9.42. The van der Waals surface area contributed by atoms with Crippen LogP contribution < -0.4 is 5.43 Å². The standard InChI is InChI=1S/C21H22ClN3O3/c1-21(2,3)15-7-5-14(6-8-15)16-11-17(16)20(26)24-23-12-13-4-9-18(22)19(10-13)25(27)28/h4-10,12,16-17H,11H2,1-3H3,(H,24,26)/t16-,17-/m0/s1. The van der Waals surface area contributed by atoms with Crippen molar-refractivity contribution in [2.45, 2.75) is 38.5 Å². The summed E-state index contributed by atoms with van der Waals surface area (Å²) < 4.78 is 0. The van der Waals surface area contributed by atoms with Gasteiger partial charge in [-0.25, -0.2) is 5.43 Å². The molecule has 0 unspecified atom stereocenters. The van der Waals surface area contributed by atoms with E-state index in [1.54, 1.807) is 6.07 Å². The second kappa shape index (κ2) is 7.72. The Morgan fingerprint density at radius 3 is 2.54 bits per heavy atom. The van der Waals surface area contributed by atoms with Crippen LogP contribution in [0.2, 0.25) is 5.02 Å². The molecule has 1 aliphatic carbocycles. The van der Waals surface area contributed by atoms with Gasteiger partial charge >= 0.3 is 0 Å². The van der Waals surface area contributed by atoms with Gasteiger partial charge in [0, 0.05) is 17.5 Å². The predicted molar refractivity (Wildman–Crippen MR) is 110 cm³/mol. The van der Waals surface area contributed by atoms with Crippen LogP contribution in [0.25, 0.3) is 0 Å². The summed E-state index contributed by atoms with van der Waals surface area (Å²) in [6.45, 7) is 6.51. The lowest BCUT2D eigenvalue weighted by Gasteiger charge is -2.19. The van der Waals surface area contributed by atoms with Crippen molar-refractivity contribution in [1.82, 2.24) is 5.43 Å². The molecule has 0 aromatic heterocycles. The minimum absolute atomic E-state index is 0.0597. The van der Waals surface area contributed by atoms with Crippen molar-refractivity contribution in [3.63, 3.8) is 0 Å². The smallest absolute Gasteiger partial charge is 0.273 e. The minimum Gasteiger partial charge on any atom is -0.273 e. The van der Waals surface area contributed by atoms with E-state index in [2.05, 4.69) is 55.6 Å². The van der Waals surface area contributed by atoms with Crippen LogP contribution in [0.5, 0.6) is 0 Å². The highest BCUT2D eigenvalue weighted by atomic mass is 35.5. The quantitative estimate of drug-likeness (QED) is 0.445. The van der Waals surface area contributed by atoms with E-state index in [9.17, 15) is 14.9 Å². The van der Waals surface area contributed by atoms with E-state index in [1.165, 1.54) is 23.9 Å². The van der Waals surface area contributed by atoms with Crippen LogP contribution in [-0.4, -0.2) is 17.0 Å². The van der Waals surface area contributed by atoms with Gasteiger partial charge in [-0.1, -0.05) is 62.7 Å². The first-order chi connectivity index (χ1) is 13.2. The first kappa shape index (κ1) is 20.0. The number of hydrazone groups is 1. The molecule has 0 saturated heterocycles.